The van der Waals surface area contributed by atoms with E-state index in [2.05, 4.69) is 22.9 Å². The molecule has 0 N–H and O–H groups in total. The summed E-state index contributed by atoms with van der Waals surface area (Å²) in [4.78, 5) is 0. The van der Waals surface area contributed by atoms with Crippen LogP contribution in [0.2, 0.25) is 0 Å². The zero-order chi connectivity index (χ0) is 8.72. The molecular weight excluding hydrogens is 216 g/mol. The summed E-state index contributed by atoms with van der Waals surface area (Å²) in [7, 11) is 0. The smallest absolute Gasteiger partial charge is 0.135 e. The van der Waals surface area contributed by atoms with Gasteiger partial charge in [-0.15, -0.1) is 0 Å². The van der Waals surface area contributed by atoms with Gasteiger partial charge in [0.25, 0.3) is 0 Å². The van der Waals surface area contributed by atoms with Gasteiger partial charge in [0.05, 0.1) is 0 Å². The van der Waals surface area contributed by atoms with Gasteiger partial charge in [0.15, 0.2) is 0 Å². The molecule has 0 fully saturated rings. The molecule has 0 unspecified atom stereocenters. The summed E-state index contributed by atoms with van der Waals surface area (Å²) >= 11 is 3.50. The van der Waals surface area contributed by atoms with Crippen molar-refractivity contribution in [2.24, 2.45) is 0 Å². The minimum absolute atomic E-state index is 0.958. The molecule has 62 valence electrons. The van der Waals surface area contributed by atoms with E-state index in [4.69, 9.17) is 4.42 Å². The van der Waals surface area contributed by atoms with E-state index in [9.17, 15) is 0 Å². The van der Waals surface area contributed by atoms with E-state index < -0.39 is 0 Å². The quantitative estimate of drug-likeness (QED) is 0.664. The van der Waals surface area contributed by atoms with Crippen LogP contribution < -0.4 is 0 Å². The van der Waals surface area contributed by atoms with Crippen LogP contribution in [0.4, 0.5) is 0 Å². The van der Waals surface area contributed by atoms with Crippen molar-refractivity contribution < 1.29 is 4.42 Å². The summed E-state index contributed by atoms with van der Waals surface area (Å²) < 4.78 is 6.66. The Hall–Kier alpha value is -0.760. The lowest BCUT2D eigenvalue weighted by molar-refractivity contribution is 0.575. The fourth-order valence-electron chi connectivity index (χ4n) is 1.37. The summed E-state index contributed by atoms with van der Waals surface area (Å²) in [5.74, 6) is 0.997. The molecule has 1 aromatic heterocycles. The van der Waals surface area contributed by atoms with Crippen LogP contribution >= 0.6 is 15.9 Å². The number of rotatable bonds is 0. The molecule has 0 aliphatic carbocycles. The maximum absolute atomic E-state index is 5.55. The minimum Gasteiger partial charge on any atom is -0.461 e. The molecule has 1 aromatic carbocycles. The molecule has 0 saturated carbocycles. The van der Waals surface area contributed by atoms with Gasteiger partial charge < -0.3 is 4.42 Å². The van der Waals surface area contributed by atoms with Crippen LogP contribution in [0.5, 0.6) is 0 Å². The molecule has 0 atom stereocenters. The van der Waals surface area contributed by atoms with Crippen molar-refractivity contribution in [1.82, 2.24) is 0 Å². The van der Waals surface area contributed by atoms with Crippen LogP contribution in [0.25, 0.3) is 11.0 Å². The van der Waals surface area contributed by atoms with E-state index in [1.165, 1.54) is 10.9 Å². The zero-order valence-corrected chi connectivity index (χ0v) is 8.60. The summed E-state index contributed by atoms with van der Waals surface area (Å²) in [5, 5.41) is 1.19. The third-order valence-electron chi connectivity index (χ3n) is 2.14. The highest BCUT2D eigenvalue weighted by molar-refractivity contribution is 9.10. The number of halogens is 1. The first-order valence-electron chi connectivity index (χ1n) is 3.84. The largest absolute Gasteiger partial charge is 0.461 e. The number of hydrogen-bond donors (Lipinski definition) is 0. The van der Waals surface area contributed by atoms with Crippen LogP contribution in [0.15, 0.2) is 27.1 Å². The van der Waals surface area contributed by atoms with Crippen molar-refractivity contribution in [3.63, 3.8) is 0 Å². The Bertz CT molecular complexity index is 429. The van der Waals surface area contributed by atoms with Gasteiger partial charge in [-0.1, -0.05) is 22.0 Å². The predicted molar refractivity (Wildman–Crippen MR) is 53.4 cm³/mol. The van der Waals surface area contributed by atoms with Gasteiger partial charge in [-0.25, -0.2) is 0 Å². The Balaban J connectivity index is 2.97. The van der Waals surface area contributed by atoms with E-state index in [1.807, 2.05) is 25.1 Å². The lowest BCUT2D eigenvalue weighted by Gasteiger charge is -1.92. The third-order valence-corrected chi connectivity index (χ3v) is 2.80. The maximum Gasteiger partial charge on any atom is 0.135 e. The first-order chi connectivity index (χ1) is 5.70. The lowest BCUT2D eigenvalue weighted by Crippen LogP contribution is -1.72. The van der Waals surface area contributed by atoms with Gasteiger partial charge in [0, 0.05) is 9.86 Å². The molecule has 0 spiro atoms. The maximum atomic E-state index is 5.55. The molecule has 1 nitrogen and oxygen atoms in total. The summed E-state index contributed by atoms with van der Waals surface area (Å²) in [6.07, 6.45) is 0. The third kappa shape index (κ3) is 0.985. The highest BCUT2D eigenvalue weighted by Gasteiger charge is 2.08. The topological polar surface area (TPSA) is 13.1 Å². The van der Waals surface area contributed by atoms with Crippen molar-refractivity contribution in [3.05, 3.63) is 34.0 Å². The number of fused-ring (bicyclic) bond motifs is 1. The van der Waals surface area contributed by atoms with Gasteiger partial charge >= 0.3 is 0 Å². The van der Waals surface area contributed by atoms with Gasteiger partial charge in [0.1, 0.15) is 11.3 Å². The van der Waals surface area contributed by atoms with E-state index >= 15 is 0 Å². The average molecular weight is 225 g/mol. The van der Waals surface area contributed by atoms with Gasteiger partial charge in [-0.3, -0.25) is 0 Å². The van der Waals surface area contributed by atoms with Crippen molar-refractivity contribution >= 4 is 26.9 Å². The van der Waals surface area contributed by atoms with Gasteiger partial charge in [0.2, 0.25) is 0 Å². The Morgan fingerprint density at radius 2 is 2.00 bits per heavy atom. The van der Waals surface area contributed by atoms with Crippen LogP contribution in [-0.2, 0) is 0 Å². The molecule has 12 heavy (non-hydrogen) atoms. The molecule has 0 aliphatic heterocycles. The minimum atomic E-state index is 0.958. The highest BCUT2D eigenvalue weighted by atomic mass is 79.9. The number of aryl methyl sites for hydroxylation is 2. The molecule has 1 heterocycles. The molecular formula is C10H9BrO. The van der Waals surface area contributed by atoms with E-state index in [0.29, 0.717) is 0 Å². The Labute approximate surface area is 79.5 Å². The van der Waals surface area contributed by atoms with Crippen molar-refractivity contribution in [2.45, 2.75) is 13.8 Å². The van der Waals surface area contributed by atoms with Gasteiger partial charge in [-0.2, -0.15) is 0 Å². The molecule has 0 bridgehead atoms. The fourth-order valence-corrected chi connectivity index (χ4v) is 2.02. The van der Waals surface area contributed by atoms with E-state index in [-0.39, 0.29) is 0 Å². The van der Waals surface area contributed by atoms with Crippen molar-refractivity contribution in [1.29, 1.82) is 0 Å². The SMILES string of the molecule is Cc1oc2cccc(Br)c2c1C. The standard InChI is InChI=1S/C10H9BrO/c1-6-7(2)12-9-5-3-4-8(11)10(6)9/h3-5H,1-2H3. The summed E-state index contributed by atoms with van der Waals surface area (Å²) in [6, 6.07) is 6.00. The number of hydrogen-bond acceptors (Lipinski definition) is 1. The van der Waals surface area contributed by atoms with Crippen LogP contribution in [0.3, 0.4) is 0 Å². The first kappa shape index (κ1) is 7.87. The summed E-state index contributed by atoms with van der Waals surface area (Å²) in [5.41, 5.74) is 2.18. The second kappa shape index (κ2) is 2.63. The van der Waals surface area contributed by atoms with Gasteiger partial charge in [-0.05, 0) is 31.5 Å². The molecule has 2 rings (SSSR count). The zero-order valence-electron chi connectivity index (χ0n) is 7.02. The van der Waals surface area contributed by atoms with E-state index in [0.717, 1.165) is 15.8 Å². The van der Waals surface area contributed by atoms with Crippen LogP contribution in [0, 0.1) is 13.8 Å². The Morgan fingerprint density at radius 3 is 2.67 bits per heavy atom. The van der Waals surface area contributed by atoms with Crippen LogP contribution in [-0.4, -0.2) is 0 Å². The Morgan fingerprint density at radius 1 is 1.25 bits per heavy atom. The van der Waals surface area contributed by atoms with Crippen molar-refractivity contribution in [2.75, 3.05) is 0 Å². The number of furan rings is 1. The molecule has 0 amide bonds. The number of benzene rings is 1. The van der Waals surface area contributed by atoms with Crippen LogP contribution in [0.1, 0.15) is 11.3 Å². The lowest BCUT2D eigenvalue weighted by atomic mass is 10.2. The van der Waals surface area contributed by atoms with Crippen molar-refractivity contribution in [3.8, 4) is 0 Å². The molecule has 0 aliphatic rings. The normalized spacial score (nSPS) is 10.9. The molecule has 0 radical (unpaired) electrons. The fraction of sp³-hybridized carbons (Fsp3) is 0.200. The molecule has 2 heteroatoms. The second-order valence-electron chi connectivity index (χ2n) is 2.90. The second-order valence-corrected chi connectivity index (χ2v) is 3.75. The van der Waals surface area contributed by atoms with E-state index in [1.54, 1.807) is 0 Å². The summed E-state index contributed by atoms with van der Waals surface area (Å²) in [6.45, 7) is 4.06. The predicted octanol–water partition coefficient (Wildman–Crippen LogP) is 3.81. The highest BCUT2D eigenvalue weighted by Crippen LogP contribution is 2.30. The molecule has 2 aromatic rings. The average Bonchev–Trinajstić information content (AvgIpc) is 2.29. The monoisotopic (exact) mass is 224 g/mol. The molecule has 0 saturated heterocycles. The first-order valence-corrected chi connectivity index (χ1v) is 4.63. The Kier molecular flexibility index (Phi) is 1.72.